The fraction of sp³-hybridized carbons (Fsp3) is 0.333. The number of nitrogens with zero attached hydrogens (tertiary/aromatic N) is 3. The van der Waals surface area contributed by atoms with Crippen LogP contribution in [0.2, 0.25) is 5.02 Å². The lowest BCUT2D eigenvalue weighted by Gasteiger charge is -2.14. The standard InChI is InChI=1S/C15H16BrClN4O3/c1-8(7-20-10(3)14(16)9(2)19-20)15(22)18-13-6-11(21(23)24)4-5-12(13)17/h4-6,8H,7H2,1-3H3,(H,18,22). The van der Waals surface area contributed by atoms with Crippen molar-refractivity contribution >= 4 is 44.8 Å². The molecule has 1 N–H and O–H groups in total. The molecule has 0 radical (unpaired) electrons. The SMILES string of the molecule is Cc1nn(CC(C)C(=O)Nc2cc([N+](=O)[O-])ccc2Cl)c(C)c1Br. The second-order valence-electron chi connectivity index (χ2n) is 5.48. The third-order valence-corrected chi connectivity index (χ3v) is 5.08. The van der Waals surface area contributed by atoms with Crippen LogP contribution in [0.1, 0.15) is 18.3 Å². The second kappa shape index (κ2) is 7.31. The van der Waals surface area contributed by atoms with Crippen LogP contribution in [0.5, 0.6) is 0 Å². The maximum Gasteiger partial charge on any atom is 0.271 e. The van der Waals surface area contributed by atoms with E-state index in [1.165, 1.54) is 18.2 Å². The fourth-order valence-electron chi connectivity index (χ4n) is 2.17. The summed E-state index contributed by atoms with van der Waals surface area (Å²) in [4.78, 5) is 22.7. The number of hydrogen-bond acceptors (Lipinski definition) is 4. The third kappa shape index (κ3) is 3.93. The highest BCUT2D eigenvalue weighted by atomic mass is 79.9. The van der Waals surface area contributed by atoms with Gasteiger partial charge in [0.1, 0.15) is 0 Å². The number of aromatic nitrogens is 2. The Morgan fingerprint density at radius 2 is 2.17 bits per heavy atom. The molecular formula is C15H16BrClN4O3. The van der Waals surface area contributed by atoms with Gasteiger partial charge in [-0.2, -0.15) is 5.10 Å². The number of halogens is 2. The van der Waals surface area contributed by atoms with Crippen molar-refractivity contribution in [2.24, 2.45) is 5.92 Å². The van der Waals surface area contributed by atoms with E-state index in [0.29, 0.717) is 6.54 Å². The number of nitro groups is 1. The number of nitro benzene ring substituents is 1. The lowest BCUT2D eigenvalue weighted by atomic mass is 10.1. The molecule has 0 spiro atoms. The number of carbonyl (C=O) groups is 1. The highest BCUT2D eigenvalue weighted by Crippen LogP contribution is 2.27. The topological polar surface area (TPSA) is 90.1 Å². The van der Waals surface area contributed by atoms with Gasteiger partial charge in [0, 0.05) is 17.8 Å². The molecule has 1 aromatic carbocycles. The van der Waals surface area contributed by atoms with Crippen molar-refractivity contribution in [3.05, 3.63) is 49.2 Å². The Bertz CT molecular complexity index is 806. The van der Waals surface area contributed by atoms with Crippen molar-refractivity contribution in [3.63, 3.8) is 0 Å². The Morgan fingerprint density at radius 1 is 1.50 bits per heavy atom. The molecule has 0 saturated heterocycles. The first-order valence-corrected chi connectivity index (χ1v) is 8.32. The molecule has 24 heavy (non-hydrogen) atoms. The maximum atomic E-state index is 12.4. The van der Waals surface area contributed by atoms with E-state index in [-0.39, 0.29) is 22.3 Å². The van der Waals surface area contributed by atoms with E-state index in [1.54, 1.807) is 11.6 Å². The minimum atomic E-state index is -0.539. The summed E-state index contributed by atoms with van der Waals surface area (Å²) in [6.45, 7) is 5.93. The Morgan fingerprint density at radius 3 is 2.71 bits per heavy atom. The molecule has 1 aromatic heterocycles. The van der Waals surface area contributed by atoms with E-state index < -0.39 is 10.8 Å². The summed E-state index contributed by atoms with van der Waals surface area (Å²) >= 11 is 9.44. The number of carbonyl (C=O) groups excluding carboxylic acids is 1. The van der Waals surface area contributed by atoms with Gasteiger partial charge in [0.2, 0.25) is 5.91 Å². The summed E-state index contributed by atoms with van der Waals surface area (Å²) in [6, 6.07) is 3.92. The molecule has 0 aliphatic carbocycles. The second-order valence-corrected chi connectivity index (χ2v) is 6.68. The van der Waals surface area contributed by atoms with Gasteiger partial charge in [-0.25, -0.2) is 0 Å². The average molecular weight is 416 g/mol. The molecule has 0 saturated carbocycles. The van der Waals surface area contributed by atoms with Crippen molar-refractivity contribution in [2.75, 3.05) is 5.32 Å². The zero-order valence-corrected chi connectivity index (χ0v) is 15.7. The summed E-state index contributed by atoms with van der Waals surface area (Å²) in [6.07, 6.45) is 0. The summed E-state index contributed by atoms with van der Waals surface area (Å²) in [5.74, 6) is -0.689. The molecule has 0 aliphatic heterocycles. The minimum Gasteiger partial charge on any atom is -0.324 e. The first kappa shape index (κ1) is 18.4. The molecule has 2 aromatic rings. The smallest absolute Gasteiger partial charge is 0.271 e. The third-order valence-electron chi connectivity index (χ3n) is 3.61. The number of anilines is 1. The Hall–Kier alpha value is -1.93. The molecule has 2 rings (SSSR count). The normalized spacial score (nSPS) is 12.0. The van der Waals surface area contributed by atoms with Crippen molar-refractivity contribution in [2.45, 2.75) is 27.3 Å². The van der Waals surface area contributed by atoms with Crippen LogP contribution in [0.15, 0.2) is 22.7 Å². The number of benzene rings is 1. The predicted octanol–water partition coefficient (Wildman–Crippen LogP) is 4.10. The van der Waals surface area contributed by atoms with Gasteiger partial charge in [-0.1, -0.05) is 18.5 Å². The van der Waals surface area contributed by atoms with E-state index >= 15 is 0 Å². The quantitative estimate of drug-likeness (QED) is 0.588. The van der Waals surface area contributed by atoms with E-state index in [0.717, 1.165) is 15.9 Å². The van der Waals surface area contributed by atoms with Crippen LogP contribution in [0.25, 0.3) is 0 Å². The monoisotopic (exact) mass is 414 g/mol. The first-order valence-electron chi connectivity index (χ1n) is 7.15. The van der Waals surface area contributed by atoms with E-state index in [4.69, 9.17) is 11.6 Å². The van der Waals surface area contributed by atoms with Crippen LogP contribution >= 0.6 is 27.5 Å². The maximum absolute atomic E-state index is 12.4. The molecule has 128 valence electrons. The van der Waals surface area contributed by atoms with Gasteiger partial charge in [-0.15, -0.1) is 0 Å². The van der Waals surface area contributed by atoms with Crippen LogP contribution in [0.3, 0.4) is 0 Å². The highest BCUT2D eigenvalue weighted by molar-refractivity contribution is 9.10. The Balaban J connectivity index is 2.13. The van der Waals surface area contributed by atoms with Gasteiger partial charge in [-0.05, 0) is 35.8 Å². The highest BCUT2D eigenvalue weighted by Gasteiger charge is 2.19. The van der Waals surface area contributed by atoms with Crippen LogP contribution in [0, 0.1) is 29.9 Å². The molecule has 1 amide bonds. The number of hydrogen-bond donors (Lipinski definition) is 1. The number of amides is 1. The van der Waals surface area contributed by atoms with E-state index in [2.05, 4.69) is 26.3 Å². The van der Waals surface area contributed by atoms with Gasteiger partial charge in [0.05, 0.1) is 38.3 Å². The summed E-state index contributed by atoms with van der Waals surface area (Å²) in [5.41, 5.74) is 1.87. The predicted molar refractivity (Wildman–Crippen MR) is 95.3 cm³/mol. The number of rotatable bonds is 5. The van der Waals surface area contributed by atoms with Gasteiger partial charge in [0.15, 0.2) is 0 Å². The molecule has 0 aliphatic rings. The summed E-state index contributed by atoms with van der Waals surface area (Å²) < 4.78 is 2.66. The van der Waals surface area contributed by atoms with Crippen molar-refractivity contribution in [1.82, 2.24) is 9.78 Å². The molecule has 0 fully saturated rings. The van der Waals surface area contributed by atoms with E-state index in [9.17, 15) is 14.9 Å². The van der Waals surface area contributed by atoms with Gasteiger partial charge < -0.3 is 5.32 Å². The molecule has 1 heterocycles. The van der Waals surface area contributed by atoms with Crippen LogP contribution in [-0.4, -0.2) is 20.6 Å². The fourth-order valence-corrected chi connectivity index (χ4v) is 2.62. The van der Waals surface area contributed by atoms with Crippen LogP contribution in [-0.2, 0) is 11.3 Å². The lowest BCUT2D eigenvalue weighted by molar-refractivity contribution is -0.384. The minimum absolute atomic E-state index is 0.134. The molecular weight excluding hydrogens is 400 g/mol. The van der Waals surface area contributed by atoms with Crippen LogP contribution < -0.4 is 5.32 Å². The molecule has 0 bridgehead atoms. The number of nitrogens with one attached hydrogen (secondary N) is 1. The molecule has 7 nitrogen and oxygen atoms in total. The van der Waals surface area contributed by atoms with Crippen molar-refractivity contribution in [1.29, 1.82) is 0 Å². The van der Waals surface area contributed by atoms with Gasteiger partial charge in [0.25, 0.3) is 5.69 Å². The molecule has 1 atom stereocenters. The summed E-state index contributed by atoms with van der Waals surface area (Å²) in [5, 5.41) is 18.1. The zero-order valence-electron chi connectivity index (χ0n) is 13.3. The largest absolute Gasteiger partial charge is 0.324 e. The van der Waals surface area contributed by atoms with Crippen LogP contribution in [0.4, 0.5) is 11.4 Å². The first-order chi connectivity index (χ1) is 11.2. The van der Waals surface area contributed by atoms with Gasteiger partial charge in [-0.3, -0.25) is 19.6 Å². The molecule has 1 unspecified atom stereocenters. The van der Waals surface area contributed by atoms with E-state index in [1.807, 2.05) is 13.8 Å². The Labute approximate surface area is 152 Å². The summed E-state index contributed by atoms with van der Waals surface area (Å²) in [7, 11) is 0. The zero-order chi connectivity index (χ0) is 18.0. The molecule has 9 heteroatoms. The van der Waals surface area contributed by atoms with Crippen molar-refractivity contribution in [3.8, 4) is 0 Å². The Kier molecular flexibility index (Phi) is 5.61. The number of non-ortho nitro benzene ring substituents is 1. The van der Waals surface area contributed by atoms with Crippen molar-refractivity contribution < 1.29 is 9.72 Å². The lowest BCUT2D eigenvalue weighted by Crippen LogP contribution is -2.25. The number of aryl methyl sites for hydroxylation is 1. The van der Waals surface area contributed by atoms with Gasteiger partial charge >= 0.3 is 0 Å². The average Bonchev–Trinajstić information content (AvgIpc) is 2.76.